The van der Waals surface area contributed by atoms with Gasteiger partial charge in [-0.15, -0.1) is 0 Å². The van der Waals surface area contributed by atoms with Crippen molar-refractivity contribution in [3.05, 3.63) is 54.1 Å². The maximum atomic E-state index is 12.2. The molecule has 2 aromatic carbocycles. The van der Waals surface area contributed by atoms with Crippen LogP contribution in [0.3, 0.4) is 0 Å². The standard InChI is InChI=1S/C18H17N3O3/c1-12(22)19-9-10-20-18(23)14-7-8-16-15(11-14)17(24-21-16)13-5-3-2-4-6-13/h2-8,11H,9-10H2,1H3,(H,19,22)(H,20,23). The average molecular weight is 323 g/mol. The number of aromatic nitrogens is 1. The Morgan fingerprint density at radius 1 is 1.04 bits per heavy atom. The van der Waals surface area contributed by atoms with E-state index < -0.39 is 0 Å². The topological polar surface area (TPSA) is 84.2 Å². The van der Waals surface area contributed by atoms with Crippen molar-refractivity contribution in [2.24, 2.45) is 0 Å². The number of benzene rings is 2. The summed E-state index contributed by atoms with van der Waals surface area (Å²) in [5, 5.41) is 10.2. The van der Waals surface area contributed by atoms with Crippen LogP contribution in [0.1, 0.15) is 17.3 Å². The Kier molecular flexibility index (Phi) is 4.56. The van der Waals surface area contributed by atoms with Crippen molar-refractivity contribution >= 4 is 22.7 Å². The van der Waals surface area contributed by atoms with Crippen molar-refractivity contribution in [2.45, 2.75) is 6.92 Å². The van der Waals surface area contributed by atoms with E-state index in [-0.39, 0.29) is 11.8 Å². The molecule has 0 aliphatic rings. The van der Waals surface area contributed by atoms with Crippen LogP contribution in [0.15, 0.2) is 53.1 Å². The van der Waals surface area contributed by atoms with Gasteiger partial charge < -0.3 is 15.2 Å². The van der Waals surface area contributed by atoms with Gasteiger partial charge in [0.25, 0.3) is 5.91 Å². The molecule has 0 radical (unpaired) electrons. The zero-order valence-corrected chi connectivity index (χ0v) is 13.2. The number of amides is 2. The normalized spacial score (nSPS) is 10.5. The monoisotopic (exact) mass is 323 g/mol. The molecule has 0 unspecified atom stereocenters. The Bertz CT molecular complexity index is 872. The number of carbonyl (C=O) groups is 2. The second-order valence-electron chi connectivity index (χ2n) is 5.35. The first kappa shape index (κ1) is 15.7. The van der Waals surface area contributed by atoms with Gasteiger partial charge >= 0.3 is 0 Å². The average Bonchev–Trinajstić information content (AvgIpc) is 3.02. The van der Waals surface area contributed by atoms with Gasteiger partial charge in [-0.05, 0) is 18.2 Å². The van der Waals surface area contributed by atoms with Crippen molar-refractivity contribution in [1.29, 1.82) is 0 Å². The van der Waals surface area contributed by atoms with Crippen LogP contribution < -0.4 is 10.6 Å². The third kappa shape index (κ3) is 3.43. The van der Waals surface area contributed by atoms with E-state index in [1.807, 2.05) is 30.3 Å². The maximum Gasteiger partial charge on any atom is 0.251 e. The first-order valence-corrected chi connectivity index (χ1v) is 7.62. The van der Waals surface area contributed by atoms with Crippen molar-refractivity contribution in [3.8, 4) is 11.3 Å². The van der Waals surface area contributed by atoms with Crippen LogP contribution in [0.5, 0.6) is 0 Å². The fraction of sp³-hybridized carbons (Fsp3) is 0.167. The molecular weight excluding hydrogens is 306 g/mol. The molecule has 0 bridgehead atoms. The van der Waals surface area contributed by atoms with Crippen LogP contribution >= 0.6 is 0 Å². The number of hydrogen-bond acceptors (Lipinski definition) is 4. The second-order valence-corrected chi connectivity index (χ2v) is 5.35. The minimum absolute atomic E-state index is 0.123. The maximum absolute atomic E-state index is 12.2. The summed E-state index contributed by atoms with van der Waals surface area (Å²) in [5.74, 6) is 0.309. The molecule has 0 aliphatic carbocycles. The number of rotatable bonds is 5. The number of carbonyl (C=O) groups excluding carboxylic acids is 2. The lowest BCUT2D eigenvalue weighted by atomic mass is 10.1. The molecule has 0 atom stereocenters. The number of hydrogen-bond donors (Lipinski definition) is 2. The largest absolute Gasteiger partial charge is 0.355 e. The molecule has 1 heterocycles. The van der Waals surface area contributed by atoms with E-state index in [0.29, 0.717) is 29.9 Å². The summed E-state index contributed by atoms with van der Waals surface area (Å²) >= 11 is 0. The Hall–Kier alpha value is -3.15. The van der Waals surface area contributed by atoms with Crippen LogP contribution in [-0.4, -0.2) is 30.1 Å². The first-order valence-electron chi connectivity index (χ1n) is 7.62. The van der Waals surface area contributed by atoms with Gasteiger partial charge in [-0.25, -0.2) is 0 Å². The zero-order chi connectivity index (χ0) is 16.9. The smallest absolute Gasteiger partial charge is 0.251 e. The van der Waals surface area contributed by atoms with E-state index in [4.69, 9.17) is 4.52 Å². The predicted molar refractivity (Wildman–Crippen MR) is 90.5 cm³/mol. The van der Waals surface area contributed by atoms with Gasteiger partial charge in [0.05, 0.1) is 5.39 Å². The molecule has 0 fully saturated rings. The molecule has 122 valence electrons. The Balaban J connectivity index is 1.80. The van der Waals surface area contributed by atoms with Gasteiger partial charge in [-0.3, -0.25) is 9.59 Å². The molecule has 0 saturated heterocycles. The zero-order valence-electron chi connectivity index (χ0n) is 13.2. The van der Waals surface area contributed by atoms with Crippen molar-refractivity contribution in [2.75, 3.05) is 13.1 Å². The molecule has 3 rings (SSSR count). The van der Waals surface area contributed by atoms with E-state index in [1.54, 1.807) is 18.2 Å². The Morgan fingerprint density at radius 2 is 1.79 bits per heavy atom. The summed E-state index contributed by atoms with van der Waals surface area (Å²) in [6, 6.07) is 14.9. The highest BCUT2D eigenvalue weighted by atomic mass is 16.5. The first-order chi connectivity index (χ1) is 11.6. The minimum Gasteiger partial charge on any atom is -0.355 e. The summed E-state index contributed by atoms with van der Waals surface area (Å²) < 4.78 is 5.43. The highest BCUT2D eigenvalue weighted by Gasteiger charge is 2.13. The number of nitrogens with zero attached hydrogens (tertiary/aromatic N) is 1. The minimum atomic E-state index is -0.206. The summed E-state index contributed by atoms with van der Waals surface area (Å²) in [7, 11) is 0. The molecule has 2 amide bonds. The Labute approximate surface area is 138 Å². The molecule has 3 aromatic rings. The molecule has 2 N–H and O–H groups in total. The van der Waals surface area contributed by atoms with Crippen LogP contribution in [0.4, 0.5) is 0 Å². The highest BCUT2D eigenvalue weighted by molar-refractivity contribution is 6.00. The van der Waals surface area contributed by atoms with Gasteiger partial charge in [-0.2, -0.15) is 0 Å². The van der Waals surface area contributed by atoms with Crippen LogP contribution in [0.2, 0.25) is 0 Å². The quantitative estimate of drug-likeness (QED) is 0.706. The van der Waals surface area contributed by atoms with E-state index in [1.165, 1.54) is 6.92 Å². The molecule has 6 nitrogen and oxygen atoms in total. The lowest BCUT2D eigenvalue weighted by molar-refractivity contribution is -0.118. The van der Waals surface area contributed by atoms with E-state index in [2.05, 4.69) is 15.8 Å². The third-order valence-electron chi connectivity index (χ3n) is 3.56. The van der Waals surface area contributed by atoms with Crippen LogP contribution in [0.25, 0.3) is 22.2 Å². The fourth-order valence-corrected chi connectivity index (χ4v) is 2.40. The van der Waals surface area contributed by atoms with E-state index in [9.17, 15) is 9.59 Å². The van der Waals surface area contributed by atoms with Crippen LogP contribution in [0, 0.1) is 0 Å². The van der Waals surface area contributed by atoms with Gasteiger partial charge in [0.2, 0.25) is 5.91 Å². The van der Waals surface area contributed by atoms with Gasteiger partial charge in [0.1, 0.15) is 5.52 Å². The predicted octanol–water partition coefficient (Wildman–Crippen LogP) is 2.36. The van der Waals surface area contributed by atoms with E-state index >= 15 is 0 Å². The second kappa shape index (κ2) is 6.95. The lowest BCUT2D eigenvalue weighted by Gasteiger charge is -2.06. The number of nitrogens with one attached hydrogen (secondary N) is 2. The fourth-order valence-electron chi connectivity index (χ4n) is 2.40. The van der Waals surface area contributed by atoms with Gasteiger partial charge in [0.15, 0.2) is 5.76 Å². The molecule has 6 heteroatoms. The molecular formula is C18H17N3O3. The SMILES string of the molecule is CC(=O)NCCNC(=O)c1ccc2noc(-c3ccccc3)c2c1. The Morgan fingerprint density at radius 3 is 2.54 bits per heavy atom. The molecule has 24 heavy (non-hydrogen) atoms. The summed E-state index contributed by atoms with van der Waals surface area (Å²) in [5.41, 5.74) is 2.12. The molecule has 0 saturated carbocycles. The highest BCUT2D eigenvalue weighted by Crippen LogP contribution is 2.29. The summed E-state index contributed by atoms with van der Waals surface area (Å²) in [4.78, 5) is 23.0. The van der Waals surface area contributed by atoms with Gasteiger partial charge in [0, 0.05) is 31.1 Å². The summed E-state index contributed by atoms with van der Waals surface area (Å²) in [6.45, 7) is 2.20. The van der Waals surface area contributed by atoms with Crippen molar-refractivity contribution < 1.29 is 14.1 Å². The van der Waals surface area contributed by atoms with Crippen molar-refractivity contribution in [1.82, 2.24) is 15.8 Å². The van der Waals surface area contributed by atoms with Gasteiger partial charge in [-0.1, -0.05) is 35.5 Å². The van der Waals surface area contributed by atoms with E-state index in [0.717, 1.165) is 10.9 Å². The molecule has 0 spiro atoms. The third-order valence-corrected chi connectivity index (χ3v) is 3.56. The summed E-state index contributed by atoms with van der Waals surface area (Å²) in [6.07, 6.45) is 0. The van der Waals surface area contributed by atoms with Crippen molar-refractivity contribution in [3.63, 3.8) is 0 Å². The lowest BCUT2D eigenvalue weighted by Crippen LogP contribution is -2.33. The molecule has 1 aromatic heterocycles. The molecule has 0 aliphatic heterocycles. The van der Waals surface area contributed by atoms with Crippen LogP contribution in [-0.2, 0) is 4.79 Å². The number of fused-ring (bicyclic) bond motifs is 1.